The summed E-state index contributed by atoms with van der Waals surface area (Å²) in [6.45, 7) is 1.24. The predicted molar refractivity (Wildman–Crippen MR) is 160 cm³/mol. The second-order valence-electron chi connectivity index (χ2n) is 14.0. The molecule has 254 valence electrons. The number of hydrogen-bond acceptors (Lipinski definition) is 12. The van der Waals surface area contributed by atoms with Crippen molar-refractivity contribution in [3.05, 3.63) is 0 Å². The Kier molecular flexibility index (Phi) is 10.4. The molecule has 6 fully saturated rings. The zero-order valence-corrected chi connectivity index (χ0v) is 25.8. The maximum Gasteiger partial charge on any atom is 0.187 e. The van der Waals surface area contributed by atoms with E-state index < -0.39 is 72.6 Å². The summed E-state index contributed by atoms with van der Waals surface area (Å²) in [7, 11) is 0. The molecule has 2 bridgehead atoms. The number of nitrogens with two attached hydrogens (primary N) is 3. The number of Topliss-reactive ketones (excluding diaryl/α,β-unsaturated/α-hetero) is 2. The standard InChI is InChI=1S/C31H51N5O9/c32-21-11-14(5-8-35-21)6-10-43-29-27(41)25(39)20-13-42-9-7-19(36-31(33)34)17-12-18-22(26(40)28(17)45-30(29)44-20)24(38)16-4-2-1-3-15(16)23(18)37/h14-22,25-30,35,39-41H,1-13,32H2,(H4,33,34,36). The number of aliphatic hydroxyl groups is 3. The molecule has 0 aromatic heterocycles. The molecule has 0 aromatic carbocycles. The summed E-state index contributed by atoms with van der Waals surface area (Å²) in [4.78, 5) is 32.3. The van der Waals surface area contributed by atoms with Crippen molar-refractivity contribution in [2.45, 2.75) is 113 Å². The lowest BCUT2D eigenvalue weighted by molar-refractivity contribution is -0.333. The van der Waals surface area contributed by atoms with E-state index in [4.69, 9.17) is 36.1 Å². The number of aliphatic hydroxyl groups excluding tert-OH is 3. The lowest BCUT2D eigenvalue weighted by Crippen LogP contribution is -2.65. The van der Waals surface area contributed by atoms with E-state index in [1.807, 2.05) is 0 Å². The Labute approximate surface area is 263 Å². The molecule has 10 N–H and O–H groups in total. The van der Waals surface area contributed by atoms with Gasteiger partial charge in [0.05, 0.1) is 36.9 Å². The number of guanidine groups is 1. The van der Waals surface area contributed by atoms with Crippen LogP contribution in [-0.2, 0) is 28.5 Å². The van der Waals surface area contributed by atoms with Gasteiger partial charge in [0.2, 0.25) is 0 Å². The monoisotopic (exact) mass is 637 g/mol. The fourth-order valence-corrected chi connectivity index (χ4v) is 8.94. The number of aliphatic imine (C=N–C) groups is 1. The third-order valence-electron chi connectivity index (χ3n) is 11.2. The third kappa shape index (κ3) is 6.81. The Morgan fingerprint density at radius 3 is 2.42 bits per heavy atom. The van der Waals surface area contributed by atoms with Crippen molar-refractivity contribution >= 4 is 17.5 Å². The first-order valence-electron chi connectivity index (χ1n) is 16.8. The average Bonchev–Trinajstić information content (AvgIpc) is 3.04. The van der Waals surface area contributed by atoms with Crippen molar-refractivity contribution in [3.8, 4) is 0 Å². The molecule has 14 heteroatoms. The average molecular weight is 638 g/mol. The Hall–Kier alpha value is -1.75. The molecule has 0 aromatic rings. The first-order valence-corrected chi connectivity index (χ1v) is 16.8. The molecule has 3 saturated heterocycles. The normalized spacial score (nSPS) is 47.4. The molecule has 0 spiro atoms. The minimum absolute atomic E-state index is 0.0298. The van der Waals surface area contributed by atoms with Gasteiger partial charge in [-0.05, 0) is 57.4 Å². The van der Waals surface area contributed by atoms with Crippen LogP contribution >= 0.6 is 0 Å². The molecular weight excluding hydrogens is 586 g/mol. The Bertz CT molecular complexity index is 1090. The first-order chi connectivity index (χ1) is 21.6. The quantitative estimate of drug-likeness (QED) is 0.104. The number of nitrogens with zero attached hydrogens (tertiary/aromatic N) is 1. The van der Waals surface area contributed by atoms with Crippen LogP contribution in [0.1, 0.15) is 57.8 Å². The SMILES string of the molecule is NC(N)=NC1CCOCC2OC(OC3C(O)C4C(=O)C5CCCCC5C(=O)C4CC13)C(OCCC1CCNC(N)C1)C(O)C2O. The zero-order valence-electron chi connectivity index (χ0n) is 25.8. The maximum atomic E-state index is 13.9. The van der Waals surface area contributed by atoms with Gasteiger partial charge in [0.25, 0.3) is 0 Å². The highest BCUT2D eigenvalue weighted by Crippen LogP contribution is 2.50. The molecule has 15 unspecified atom stereocenters. The van der Waals surface area contributed by atoms with Gasteiger partial charge in [0.1, 0.15) is 36.0 Å². The summed E-state index contributed by atoms with van der Waals surface area (Å²) in [6, 6.07) is -0.584. The van der Waals surface area contributed by atoms with Crippen LogP contribution in [0.15, 0.2) is 4.99 Å². The molecule has 0 amide bonds. The van der Waals surface area contributed by atoms with Crippen molar-refractivity contribution < 1.29 is 43.9 Å². The summed E-state index contributed by atoms with van der Waals surface area (Å²) in [5.74, 6) is -2.74. The highest BCUT2D eigenvalue weighted by Gasteiger charge is 2.60. The van der Waals surface area contributed by atoms with Gasteiger partial charge in [-0.1, -0.05) is 12.8 Å². The van der Waals surface area contributed by atoms with Crippen LogP contribution < -0.4 is 22.5 Å². The third-order valence-corrected chi connectivity index (χ3v) is 11.2. The summed E-state index contributed by atoms with van der Waals surface area (Å²) in [5, 5.41) is 37.4. The highest BCUT2D eigenvalue weighted by atomic mass is 16.7. The van der Waals surface area contributed by atoms with Gasteiger partial charge in [-0.25, -0.2) is 4.99 Å². The van der Waals surface area contributed by atoms with Gasteiger partial charge in [-0.3, -0.25) is 9.59 Å². The van der Waals surface area contributed by atoms with Crippen LogP contribution in [0.3, 0.4) is 0 Å². The summed E-state index contributed by atoms with van der Waals surface area (Å²) in [5.41, 5.74) is 17.8. The lowest BCUT2D eigenvalue weighted by Gasteiger charge is -2.52. The molecule has 15 atom stereocenters. The minimum atomic E-state index is -1.37. The maximum absolute atomic E-state index is 13.9. The molecule has 0 radical (unpaired) electrons. The molecule has 3 aliphatic heterocycles. The largest absolute Gasteiger partial charge is 0.390 e. The van der Waals surface area contributed by atoms with E-state index in [2.05, 4.69) is 10.3 Å². The number of piperidine rings is 1. The van der Waals surface area contributed by atoms with Gasteiger partial charge in [-0.15, -0.1) is 0 Å². The number of nitrogens with one attached hydrogen (secondary N) is 1. The number of rotatable bonds is 5. The number of fused-ring (bicyclic) bond motifs is 5. The topological polar surface area (TPSA) is 234 Å². The van der Waals surface area contributed by atoms with Gasteiger partial charge in [0, 0.05) is 36.9 Å². The molecule has 14 nitrogen and oxygen atoms in total. The van der Waals surface area contributed by atoms with E-state index in [0.717, 1.165) is 32.2 Å². The lowest BCUT2D eigenvalue weighted by atomic mass is 9.55. The number of ketones is 2. The first kappa shape index (κ1) is 33.2. The van der Waals surface area contributed by atoms with E-state index in [1.54, 1.807) is 0 Å². The van der Waals surface area contributed by atoms with E-state index in [1.165, 1.54) is 0 Å². The molecule has 6 rings (SSSR count). The van der Waals surface area contributed by atoms with E-state index in [-0.39, 0.29) is 55.9 Å². The van der Waals surface area contributed by atoms with E-state index in [9.17, 15) is 24.9 Å². The van der Waals surface area contributed by atoms with Crippen molar-refractivity contribution in [3.63, 3.8) is 0 Å². The molecule has 3 aliphatic carbocycles. The highest BCUT2D eigenvalue weighted by molar-refractivity contribution is 6.00. The van der Waals surface area contributed by atoms with Gasteiger partial charge in [-0.2, -0.15) is 0 Å². The predicted octanol–water partition coefficient (Wildman–Crippen LogP) is -1.49. The summed E-state index contributed by atoms with van der Waals surface area (Å²) < 4.78 is 24.8. The molecule has 6 aliphatic rings. The van der Waals surface area contributed by atoms with Gasteiger partial charge in [0.15, 0.2) is 12.2 Å². The molecular formula is C31H51N5O9. The van der Waals surface area contributed by atoms with Crippen molar-refractivity contribution in [2.75, 3.05) is 26.4 Å². The van der Waals surface area contributed by atoms with Crippen LogP contribution in [0, 0.1) is 35.5 Å². The molecule has 45 heavy (non-hydrogen) atoms. The van der Waals surface area contributed by atoms with Gasteiger partial charge < -0.3 is 56.8 Å². The second-order valence-corrected chi connectivity index (χ2v) is 14.0. The van der Waals surface area contributed by atoms with Crippen molar-refractivity contribution in [1.82, 2.24) is 5.32 Å². The number of ether oxygens (including phenoxy) is 4. The van der Waals surface area contributed by atoms with E-state index in [0.29, 0.717) is 31.6 Å². The number of carbonyl (C=O) groups is 2. The van der Waals surface area contributed by atoms with E-state index >= 15 is 0 Å². The second kappa shape index (κ2) is 14.2. The Morgan fingerprint density at radius 1 is 0.933 bits per heavy atom. The van der Waals surface area contributed by atoms with Crippen LogP contribution in [0.2, 0.25) is 0 Å². The number of carbonyl (C=O) groups excluding carboxylic acids is 2. The fourth-order valence-electron chi connectivity index (χ4n) is 8.94. The van der Waals surface area contributed by atoms with Crippen LogP contribution in [-0.4, -0.2) is 114 Å². The Morgan fingerprint density at radius 2 is 1.69 bits per heavy atom. The Balaban J connectivity index is 1.29. The molecule has 3 heterocycles. The number of hydrogen-bond donors (Lipinski definition) is 7. The van der Waals surface area contributed by atoms with Crippen molar-refractivity contribution in [2.24, 2.45) is 57.7 Å². The van der Waals surface area contributed by atoms with Crippen LogP contribution in [0.5, 0.6) is 0 Å². The smallest absolute Gasteiger partial charge is 0.187 e. The van der Waals surface area contributed by atoms with Crippen molar-refractivity contribution in [1.29, 1.82) is 0 Å². The summed E-state index contributed by atoms with van der Waals surface area (Å²) >= 11 is 0. The van der Waals surface area contributed by atoms with Crippen LogP contribution in [0.25, 0.3) is 0 Å². The van der Waals surface area contributed by atoms with Gasteiger partial charge >= 0.3 is 0 Å². The fraction of sp³-hybridized carbons (Fsp3) is 0.903. The van der Waals surface area contributed by atoms with Crippen LogP contribution in [0.4, 0.5) is 0 Å². The minimum Gasteiger partial charge on any atom is -0.390 e. The summed E-state index contributed by atoms with van der Waals surface area (Å²) in [6.07, 6.45) is -2.20. The zero-order chi connectivity index (χ0) is 31.8. The molecule has 3 saturated carbocycles.